The van der Waals surface area contributed by atoms with Crippen molar-refractivity contribution in [2.75, 3.05) is 56.7 Å². The van der Waals surface area contributed by atoms with Gasteiger partial charge in [0.1, 0.15) is 12.4 Å². The molecular formula is C26H31ClN4O3S. The minimum absolute atomic E-state index is 0.0495. The van der Waals surface area contributed by atoms with E-state index in [0.717, 1.165) is 31.3 Å². The van der Waals surface area contributed by atoms with E-state index in [1.165, 1.54) is 16.1 Å². The van der Waals surface area contributed by atoms with Gasteiger partial charge in [-0.2, -0.15) is 0 Å². The summed E-state index contributed by atoms with van der Waals surface area (Å²) in [4.78, 5) is 23.7. The van der Waals surface area contributed by atoms with Gasteiger partial charge in [-0.1, -0.05) is 41.1 Å². The van der Waals surface area contributed by atoms with E-state index in [9.17, 15) is 4.79 Å². The number of hydrogen-bond donors (Lipinski definition) is 1. The van der Waals surface area contributed by atoms with Crippen LogP contribution in [0.2, 0.25) is 5.02 Å². The van der Waals surface area contributed by atoms with Crippen LogP contribution in [0.25, 0.3) is 10.4 Å². The Hall–Kier alpha value is -2.81. The third kappa shape index (κ3) is 6.45. The van der Waals surface area contributed by atoms with Crippen LogP contribution in [-0.2, 0) is 11.2 Å². The highest BCUT2D eigenvalue weighted by molar-refractivity contribution is 7.18. The summed E-state index contributed by atoms with van der Waals surface area (Å²) in [5.74, 6) is -0.343. The van der Waals surface area contributed by atoms with Crippen molar-refractivity contribution in [1.82, 2.24) is 9.88 Å². The van der Waals surface area contributed by atoms with E-state index in [1.807, 2.05) is 20.3 Å². The fourth-order valence-electron chi connectivity index (χ4n) is 4.20. The Labute approximate surface area is 215 Å². The molecule has 35 heavy (non-hydrogen) atoms. The van der Waals surface area contributed by atoms with E-state index in [0.29, 0.717) is 29.0 Å². The van der Waals surface area contributed by atoms with Crippen LogP contribution in [0.1, 0.15) is 12.5 Å². The van der Waals surface area contributed by atoms with Gasteiger partial charge in [-0.15, -0.1) is 0 Å². The molecule has 4 rings (SSSR count). The van der Waals surface area contributed by atoms with Crippen LogP contribution in [0.5, 0.6) is 5.75 Å². The third-order valence-electron chi connectivity index (χ3n) is 6.16. The number of piperazine rings is 1. The van der Waals surface area contributed by atoms with Gasteiger partial charge in [-0.25, -0.2) is 4.98 Å². The average molecular weight is 515 g/mol. The molecule has 0 spiro atoms. The van der Waals surface area contributed by atoms with Gasteiger partial charge in [0.2, 0.25) is 0 Å². The standard InChI is InChI=1S/C26H31ClN4O3S/c1-18-17-31(26-28-16-24(35-26)20-5-4-6-21(15-20)29(2)3)10-9-30(18)11-12-34-23-13-19(14-25(32)33)7-8-22(23)27/h4-8,13,15-16,18H,9-12,14,17H2,1-3H3,(H,32,33)/t18-/m0/s1. The van der Waals surface area contributed by atoms with Crippen molar-refractivity contribution in [3.63, 3.8) is 0 Å². The first-order valence-electron chi connectivity index (χ1n) is 11.7. The quantitative estimate of drug-likeness (QED) is 0.442. The predicted octanol–water partition coefficient (Wildman–Crippen LogP) is 4.75. The highest BCUT2D eigenvalue weighted by atomic mass is 35.5. The molecule has 1 atom stereocenters. The number of halogens is 1. The number of carboxylic acid groups (broad SMARTS) is 1. The molecule has 0 bridgehead atoms. The lowest BCUT2D eigenvalue weighted by Gasteiger charge is -2.39. The fraction of sp³-hybridized carbons (Fsp3) is 0.385. The smallest absolute Gasteiger partial charge is 0.307 e. The lowest BCUT2D eigenvalue weighted by Crippen LogP contribution is -2.52. The van der Waals surface area contributed by atoms with Crippen LogP contribution in [-0.4, -0.2) is 73.9 Å². The fourth-order valence-corrected chi connectivity index (χ4v) is 5.32. The molecule has 2 aromatic carbocycles. The minimum atomic E-state index is -0.876. The van der Waals surface area contributed by atoms with Gasteiger partial charge >= 0.3 is 5.97 Å². The van der Waals surface area contributed by atoms with Gasteiger partial charge < -0.3 is 19.6 Å². The van der Waals surface area contributed by atoms with Crippen LogP contribution in [0.4, 0.5) is 10.8 Å². The maximum Gasteiger partial charge on any atom is 0.307 e. The Morgan fingerprint density at radius 3 is 2.83 bits per heavy atom. The lowest BCUT2D eigenvalue weighted by atomic mass is 10.1. The molecule has 1 N–H and O–H groups in total. The zero-order valence-electron chi connectivity index (χ0n) is 20.3. The van der Waals surface area contributed by atoms with Crippen molar-refractivity contribution in [3.8, 4) is 16.2 Å². The maximum atomic E-state index is 11.0. The first-order chi connectivity index (χ1) is 16.8. The number of carbonyl (C=O) groups is 1. The van der Waals surface area contributed by atoms with Gasteiger partial charge in [0.15, 0.2) is 5.13 Å². The molecule has 1 aliphatic heterocycles. The van der Waals surface area contributed by atoms with Crippen molar-refractivity contribution in [3.05, 3.63) is 59.2 Å². The Balaban J connectivity index is 1.31. The summed E-state index contributed by atoms with van der Waals surface area (Å²) < 4.78 is 5.91. The second kappa shape index (κ2) is 11.3. The molecule has 1 saturated heterocycles. The first-order valence-corrected chi connectivity index (χ1v) is 12.8. The summed E-state index contributed by atoms with van der Waals surface area (Å²) in [6.45, 7) is 6.21. The summed E-state index contributed by atoms with van der Waals surface area (Å²) in [6.07, 6.45) is 1.92. The van der Waals surface area contributed by atoms with Gasteiger partial charge in [-0.3, -0.25) is 9.69 Å². The van der Waals surface area contributed by atoms with Crippen molar-refractivity contribution in [2.24, 2.45) is 0 Å². The van der Waals surface area contributed by atoms with Crippen LogP contribution in [0, 0.1) is 0 Å². The minimum Gasteiger partial charge on any atom is -0.491 e. The summed E-state index contributed by atoms with van der Waals surface area (Å²) >= 11 is 7.97. The molecule has 1 fully saturated rings. The van der Waals surface area contributed by atoms with E-state index in [-0.39, 0.29) is 6.42 Å². The molecule has 0 radical (unpaired) electrons. The van der Waals surface area contributed by atoms with Crippen LogP contribution >= 0.6 is 22.9 Å². The molecule has 0 unspecified atom stereocenters. The molecule has 7 nitrogen and oxygen atoms in total. The number of rotatable bonds is 9. The molecule has 9 heteroatoms. The highest BCUT2D eigenvalue weighted by Gasteiger charge is 2.25. The van der Waals surface area contributed by atoms with E-state index in [2.05, 4.69) is 45.9 Å². The summed E-state index contributed by atoms with van der Waals surface area (Å²) in [6, 6.07) is 14.0. The molecule has 2 heterocycles. The predicted molar refractivity (Wildman–Crippen MR) is 143 cm³/mol. The van der Waals surface area contributed by atoms with Crippen LogP contribution in [0.15, 0.2) is 48.7 Å². The number of anilines is 2. The second-order valence-electron chi connectivity index (χ2n) is 8.97. The SMILES string of the molecule is C[C@H]1CN(c2ncc(-c3cccc(N(C)C)c3)s2)CCN1CCOc1cc(CC(=O)O)ccc1Cl. The molecule has 1 aliphatic rings. The Morgan fingerprint density at radius 1 is 1.26 bits per heavy atom. The lowest BCUT2D eigenvalue weighted by molar-refractivity contribution is -0.136. The molecule has 3 aromatic rings. The van der Waals surface area contributed by atoms with E-state index in [4.69, 9.17) is 26.4 Å². The zero-order chi connectivity index (χ0) is 24.9. The Morgan fingerprint density at radius 2 is 2.09 bits per heavy atom. The summed E-state index contributed by atoms with van der Waals surface area (Å²) in [5, 5.41) is 10.6. The number of hydrogen-bond acceptors (Lipinski definition) is 7. The number of aromatic nitrogens is 1. The van der Waals surface area contributed by atoms with Crippen LogP contribution in [0.3, 0.4) is 0 Å². The molecule has 1 aromatic heterocycles. The molecule has 0 saturated carbocycles. The van der Waals surface area contributed by atoms with E-state index in [1.54, 1.807) is 29.5 Å². The van der Waals surface area contributed by atoms with Gasteiger partial charge in [0.25, 0.3) is 0 Å². The largest absolute Gasteiger partial charge is 0.491 e. The third-order valence-corrected chi connectivity index (χ3v) is 7.58. The first kappa shape index (κ1) is 25.3. The summed E-state index contributed by atoms with van der Waals surface area (Å²) in [5.41, 5.74) is 3.04. The zero-order valence-corrected chi connectivity index (χ0v) is 21.8. The van der Waals surface area contributed by atoms with Gasteiger partial charge in [0.05, 0.1) is 16.3 Å². The van der Waals surface area contributed by atoms with Crippen molar-refractivity contribution >= 4 is 39.7 Å². The number of benzene rings is 2. The van der Waals surface area contributed by atoms with Crippen LogP contribution < -0.4 is 14.5 Å². The topological polar surface area (TPSA) is 69.1 Å². The Bertz CT molecular complexity index is 1170. The molecular weight excluding hydrogens is 484 g/mol. The highest BCUT2D eigenvalue weighted by Crippen LogP contribution is 2.33. The number of nitrogens with zero attached hydrogens (tertiary/aromatic N) is 4. The van der Waals surface area contributed by atoms with E-state index < -0.39 is 5.97 Å². The average Bonchev–Trinajstić information content (AvgIpc) is 3.32. The second-order valence-corrected chi connectivity index (χ2v) is 10.4. The normalized spacial score (nSPS) is 16.3. The number of ether oxygens (including phenoxy) is 1. The molecule has 186 valence electrons. The van der Waals surface area contributed by atoms with Crippen molar-refractivity contribution in [1.29, 1.82) is 0 Å². The number of aliphatic carboxylic acids is 1. The Kier molecular flexibility index (Phi) is 8.15. The number of carboxylic acids is 1. The summed E-state index contributed by atoms with van der Waals surface area (Å²) in [7, 11) is 4.10. The number of thiazole rings is 1. The van der Waals surface area contributed by atoms with Gasteiger partial charge in [0, 0.05) is 58.2 Å². The van der Waals surface area contributed by atoms with Crippen molar-refractivity contribution < 1.29 is 14.6 Å². The van der Waals surface area contributed by atoms with Crippen molar-refractivity contribution in [2.45, 2.75) is 19.4 Å². The molecule has 0 amide bonds. The monoisotopic (exact) mass is 514 g/mol. The van der Waals surface area contributed by atoms with Gasteiger partial charge in [-0.05, 0) is 42.3 Å². The molecule has 0 aliphatic carbocycles. The van der Waals surface area contributed by atoms with E-state index >= 15 is 0 Å². The maximum absolute atomic E-state index is 11.0.